The molecule has 0 amide bonds. The molecule has 98 valence electrons. The number of hydrogen-bond donors (Lipinski definition) is 1. The Bertz CT molecular complexity index is 627. The van der Waals surface area contributed by atoms with Crippen molar-refractivity contribution < 1.29 is 18.6 Å². The van der Waals surface area contributed by atoms with Crippen molar-refractivity contribution in [3.8, 4) is 17.6 Å². The third-order valence-electron chi connectivity index (χ3n) is 2.55. The fourth-order valence-corrected chi connectivity index (χ4v) is 1.78. The molecule has 0 aliphatic carbocycles. The van der Waals surface area contributed by atoms with E-state index in [9.17, 15) is 8.78 Å². The third kappa shape index (κ3) is 3.21. The lowest BCUT2D eigenvalue weighted by Gasteiger charge is -2.10. The van der Waals surface area contributed by atoms with Crippen LogP contribution in [0.25, 0.3) is 10.8 Å². The molecule has 0 heterocycles. The minimum atomic E-state index is -2.54. The lowest BCUT2D eigenvalue weighted by Crippen LogP contribution is -2.08. The van der Waals surface area contributed by atoms with Crippen molar-refractivity contribution in [2.75, 3.05) is 13.2 Å². The van der Waals surface area contributed by atoms with Crippen LogP contribution < -0.4 is 4.74 Å². The van der Waals surface area contributed by atoms with Crippen molar-refractivity contribution in [3.05, 3.63) is 42.0 Å². The highest BCUT2D eigenvalue weighted by molar-refractivity contribution is 5.90. The van der Waals surface area contributed by atoms with Crippen LogP contribution in [-0.2, 0) is 0 Å². The van der Waals surface area contributed by atoms with Crippen molar-refractivity contribution in [2.45, 2.75) is 6.43 Å². The summed E-state index contributed by atoms with van der Waals surface area (Å²) in [4.78, 5) is 0. The maximum Gasteiger partial charge on any atom is 0.272 e. The molecule has 2 rings (SSSR count). The number of benzene rings is 2. The van der Waals surface area contributed by atoms with Gasteiger partial charge in [-0.25, -0.2) is 8.78 Å². The number of aliphatic hydroxyl groups excluding tert-OH is 1. The van der Waals surface area contributed by atoms with Crippen LogP contribution >= 0.6 is 0 Å². The summed E-state index contributed by atoms with van der Waals surface area (Å²) in [5.74, 6) is 5.59. The van der Waals surface area contributed by atoms with E-state index in [1.165, 1.54) is 0 Å². The Hall–Kier alpha value is -2.12. The van der Waals surface area contributed by atoms with Gasteiger partial charge in [-0.3, -0.25) is 0 Å². The molecule has 2 aromatic carbocycles. The Kier molecular flexibility index (Phi) is 4.32. The molecule has 0 radical (unpaired) electrons. The molecular weight excluding hydrogens is 250 g/mol. The summed E-state index contributed by atoms with van der Waals surface area (Å²) < 4.78 is 29.5. The molecular formula is C15H12F2O2. The fraction of sp³-hybridized carbons (Fsp3) is 0.200. The molecule has 0 saturated carbocycles. The van der Waals surface area contributed by atoms with Crippen LogP contribution in [-0.4, -0.2) is 24.7 Å². The Labute approximate surface area is 109 Å². The van der Waals surface area contributed by atoms with Gasteiger partial charge in [-0.05, 0) is 11.5 Å². The number of alkyl halides is 2. The molecule has 0 aliphatic heterocycles. The van der Waals surface area contributed by atoms with Gasteiger partial charge in [0.1, 0.15) is 19.0 Å². The topological polar surface area (TPSA) is 29.5 Å². The molecule has 0 aromatic heterocycles. The second-order valence-electron chi connectivity index (χ2n) is 3.82. The third-order valence-corrected chi connectivity index (χ3v) is 2.55. The Morgan fingerprint density at radius 3 is 2.68 bits per heavy atom. The standard InChI is InChI=1S/C15H12F2O2/c16-15(17)10-19-14-8-7-11-4-1-2-5-12(11)13(14)6-3-9-18/h1-2,4-5,7-8,15,18H,9-10H2. The van der Waals surface area contributed by atoms with Gasteiger partial charge in [-0.2, -0.15) is 0 Å². The first-order valence-corrected chi connectivity index (χ1v) is 5.75. The minimum Gasteiger partial charge on any atom is -0.486 e. The zero-order chi connectivity index (χ0) is 13.7. The summed E-state index contributed by atoms with van der Waals surface area (Å²) >= 11 is 0. The molecule has 2 nitrogen and oxygen atoms in total. The fourth-order valence-electron chi connectivity index (χ4n) is 1.78. The van der Waals surface area contributed by atoms with Gasteiger partial charge in [-0.1, -0.05) is 42.2 Å². The Balaban J connectivity index is 2.50. The number of halogens is 2. The number of aliphatic hydroxyl groups is 1. The van der Waals surface area contributed by atoms with Crippen molar-refractivity contribution >= 4 is 10.8 Å². The van der Waals surface area contributed by atoms with Crippen molar-refractivity contribution in [3.63, 3.8) is 0 Å². The van der Waals surface area contributed by atoms with Gasteiger partial charge in [-0.15, -0.1) is 0 Å². The maximum atomic E-state index is 12.2. The smallest absolute Gasteiger partial charge is 0.272 e. The van der Waals surface area contributed by atoms with Crippen LogP contribution in [0.15, 0.2) is 36.4 Å². The summed E-state index contributed by atoms with van der Waals surface area (Å²) in [6, 6.07) is 10.9. The molecule has 1 N–H and O–H groups in total. The molecule has 0 bridgehead atoms. The normalized spacial score (nSPS) is 10.3. The average molecular weight is 262 g/mol. The molecule has 0 spiro atoms. The number of rotatable bonds is 3. The monoisotopic (exact) mass is 262 g/mol. The second kappa shape index (κ2) is 6.17. The van der Waals surface area contributed by atoms with Crippen LogP contribution in [0.4, 0.5) is 8.78 Å². The summed E-state index contributed by atoms with van der Waals surface area (Å²) in [7, 11) is 0. The summed E-state index contributed by atoms with van der Waals surface area (Å²) in [5, 5.41) is 10.5. The first-order valence-electron chi connectivity index (χ1n) is 5.75. The molecule has 0 saturated heterocycles. The highest BCUT2D eigenvalue weighted by Crippen LogP contribution is 2.27. The predicted molar refractivity (Wildman–Crippen MR) is 69.4 cm³/mol. The van der Waals surface area contributed by atoms with Gasteiger partial charge < -0.3 is 9.84 Å². The highest BCUT2D eigenvalue weighted by atomic mass is 19.3. The molecule has 0 unspecified atom stereocenters. The van der Waals surface area contributed by atoms with E-state index in [1.54, 1.807) is 12.1 Å². The molecule has 19 heavy (non-hydrogen) atoms. The average Bonchev–Trinajstić information content (AvgIpc) is 2.43. The lowest BCUT2D eigenvalue weighted by molar-refractivity contribution is 0.0818. The van der Waals surface area contributed by atoms with Crippen LogP contribution in [0.2, 0.25) is 0 Å². The summed E-state index contributed by atoms with van der Waals surface area (Å²) in [6.45, 7) is -0.969. The van der Waals surface area contributed by atoms with Gasteiger partial charge in [0.05, 0.1) is 5.56 Å². The quantitative estimate of drug-likeness (QED) is 0.862. The van der Waals surface area contributed by atoms with Crippen molar-refractivity contribution in [1.82, 2.24) is 0 Å². The first kappa shape index (κ1) is 13.3. The first-order chi connectivity index (χ1) is 9.22. The van der Waals surface area contributed by atoms with E-state index in [1.807, 2.05) is 24.3 Å². The molecule has 0 aliphatic rings. The molecule has 0 atom stereocenters. The molecule has 4 heteroatoms. The zero-order valence-corrected chi connectivity index (χ0v) is 10.1. The van der Waals surface area contributed by atoms with Gasteiger partial charge in [0, 0.05) is 5.39 Å². The van der Waals surface area contributed by atoms with E-state index in [2.05, 4.69) is 11.8 Å². The van der Waals surface area contributed by atoms with Crippen LogP contribution in [0, 0.1) is 11.8 Å². The Morgan fingerprint density at radius 1 is 1.16 bits per heavy atom. The highest BCUT2D eigenvalue weighted by Gasteiger charge is 2.09. The van der Waals surface area contributed by atoms with Gasteiger partial charge in [0.15, 0.2) is 0 Å². The molecule has 0 fully saturated rings. The van der Waals surface area contributed by atoms with E-state index in [0.29, 0.717) is 11.3 Å². The van der Waals surface area contributed by atoms with Crippen molar-refractivity contribution in [1.29, 1.82) is 0 Å². The maximum absolute atomic E-state index is 12.2. The lowest BCUT2D eigenvalue weighted by atomic mass is 10.0. The van der Waals surface area contributed by atoms with E-state index < -0.39 is 13.0 Å². The van der Waals surface area contributed by atoms with Crippen LogP contribution in [0.1, 0.15) is 5.56 Å². The van der Waals surface area contributed by atoms with E-state index in [4.69, 9.17) is 9.84 Å². The molecule has 2 aromatic rings. The second-order valence-corrected chi connectivity index (χ2v) is 3.82. The van der Waals surface area contributed by atoms with Gasteiger partial charge >= 0.3 is 0 Å². The van der Waals surface area contributed by atoms with Crippen LogP contribution in [0.5, 0.6) is 5.75 Å². The van der Waals surface area contributed by atoms with Crippen LogP contribution in [0.3, 0.4) is 0 Å². The number of hydrogen-bond acceptors (Lipinski definition) is 2. The summed E-state index contributed by atoms with van der Waals surface area (Å²) in [6.07, 6.45) is -2.54. The predicted octanol–water partition coefficient (Wildman–Crippen LogP) is 2.83. The van der Waals surface area contributed by atoms with Gasteiger partial charge in [0.2, 0.25) is 0 Å². The summed E-state index contributed by atoms with van der Waals surface area (Å²) in [5.41, 5.74) is 0.521. The minimum absolute atomic E-state index is 0.294. The Morgan fingerprint density at radius 2 is 1.95 bits per heavy atom. The van der Waals surface area contributed by atoms with Gasteiger partial charge in [0.25, 0.3) is 6.43 Å². The number of ether oxygens (including phenoxy) is 1. The zero-order valence-electron chi connectivity index (χ0n) is 10.1. The SMILES string of the molecule is OCC#Cc1c(OCC(F)F)ccc2ccccc12. The van der Waals surface area contributed by atoms with Crippen molar-refractivity contribution in [2.24, 2.45) is 0 Å². The van der Waals surface area contributed by atoms with E-state index in [-0.39, 0.29) is 6.61 Å². The van der Waals surface area contributed by atoms with E-state index in [0.717, 1.165) is 10.8 Å². The van der Waals surface area contributed by atoms with E-state index >= 15 is 0 Å². The number of fused-ring (bicyclic) bond motifs is 1. The largest absolute Gasteiger partial charge is 0.486 e.